The van der Waals surface area contributed by atoms with E-state index in [-0.39, 0.29) is 6.42 Å². The van der Waals surface area contributed by atoms with Crippen molar-refractivity contribution < 1.29 is 24.5 Å². The lowest BCUT2D eigenvalue weighted by Crippen LogP contribution is -2.45. The van der Waals surface area contributed by atoms with Crippen LogP contribution in [0.1, 0.15) is 24.9 Å². The highest BCUT2D eigenvalue weighted by Gasteiger charge is 2.34. The Morgan fingerprint density at radius 2 is 1.82 bits per heavy atom. The molecule has 1 aromatic carbocycles. The van der Waals surface area contributed by atoms with Crippen LogP contribution in [0.5, 0.6) is 0 Å². The SMILES string of the molecule is COC(=O)CC(NC(=O)C(C)(CO)CO)c1ccc(N)cc1. The standard InChI is InChI=1S/C15H22N2O5/c1-15(8-18,9-19)14(21)17-12(7-13(20)22-2)10-3-5-11(16)6-4-10/h3-6,12,18-19H,7-9,16H2,1-2H3,(H,17,21). The molecule has 1 amide bonds. The summed E-state index contributed by atoms with van der Waals surface area (Å²) in [5.41, 5.74) is 5.52. The molecule has 0 aromatic heterocycles. The number of nitrogens with one attached hydrogen (secondary N) is 1. The molecule has 0 aliphatic heterocycles. The van der Waals surface area contributed by atoms with Gasteiger partial charge in [-0.3, -0.25) is 9.59 Å². The number of hydrogen-bond acceptors (Lipinski definition) is 6. The maximum Gasteiger partial charge on any atom is 0.307 e. The molecule has 0 saturated heterocycles. The molecule has 0 radical (unpaired) electrons. The number of aliphatic hydroxyl groups excluding tert-OH is 2. The summed E-state index contributed by atoms with van der Waals surface area (Å²) in [6.45, 7) is 0.407. The number of hydrogen-bond donors (Lipinski definition) is 4. The van der Waals surface area contributed by atoms with E-state index in [4.69, 9.17) is 5.73 Å². The van der Waals surface area contributed by atoms with Gasteiger partial charge in [-0.25, -0.2) is 0 Å². The van der Waals surface area contributed by atoms with Crippen molar-refractivity contribution in [1.82, 2.24) is 5.32 Å². The minimum absolute atomic E-state index is 0.0703. The van der Waals surface area contributed by atoms with Crippen LogP contribution in [0.25, 0.3) is 0 Å². The fourth-order valence-corrected chi connectivity index (χ4v) is 1.76. The summed E-state index contributed by atoms with van der Waals surface area (Å²) in [4.78, 5) is 23.8. The van der Waals surface area contributed by atoms with E-state index in [1.54, 1.807) is 24.3 Å². The average molecular weight is 310 g/mol. The van der Waals surface area contributed by atoms with Gasteiger partial charge in [0.2, 0.25) is 5.91 Å². The van der Waals surface area contributed by atoms with Crippen LogP contribution in [-0.2, 0) is 14.3 Å². The molecule has 0 aliphatic carbocycles. The van der Waals surface area contributed by atoms with Crippen LogP contribution in [-0.4, -0.2) is 42.4 Å². The molecule has 1 rings (SSSR count). The fourth-order valence-electron chi connectivity index (χ4n) is 1.76. The van der Waals surface area contributed by atoms with Gasteiger partial charge < -0.3 is 26.0 Å². The highest BCUT2D eigenvalue weighted by molar-refractivity contribution is 5.83. The van der Waals surface area contributed by atoms with Crippen LogP contribution in [0.3, 0.4) is 0 Å². The van der Waals surface area contributed by atoms with Crippen LogP contribution < -0.4 is 11.1 Å². The van der Waals surface area contributed by atoms with Gasteiger partial charge in [-0.2, -0.15) is 0 Å². The first kappa shape index (κ1) is 17.9. The number of rotatable bonds is 7. The second-order valence-electron chi connectivity index (χ2n) is 5.35. The Morgan fingerprint density at radius 1 is 1.27 bits per heavy atom. The zero-order chi connectivity index (χ0) is 16.8. The average Bonchev–Trinajstić information content (AvgIpc) is 2.53. The zero-order valence-electron chi connectivity index (χ0n) is 12.7. The summed E-state index contributed by atoms with van der Waals surface area (Å²) in [6.07, 6.45) is -0.0703. The summed E-state index contributed by atoms with van der Waals surface area (Å²) in [5.74, 6) is -1.04. The molecule has 1 aromatic rings. The summed E-state index contributed by atoms with van der Waals surface area (Å²) < 4.78 is 4.63. The molecule has 1 unspecified atom stereocenters. The number of ether oxygens (including phenoxy) is 1. The normalized spacial score (nSPS) is 12.5. The molecule has 0 saturated carbocycles. The van der Waals surface area contributed by atoms with Crippen molar-refractivity contribution in [3.63, 3.8) is 0 Å². The first-order valence-corrected chi connectivity index (χ1v) is 6.81. The van der Waals surface area contributed by atoms with Crippen molar-refractivity contribution in [3.8, 4) is 0 Å². The smallest absolute Gasteiger partial charge is 0.307 e. The van der Waals surface area contributed by atoms with Crippen LogP contribution >= 0.6 is 0 Å². The summed E-state index contributed by atoms with van der Waals surface area (Å²) in [5, 5.41) is 21.2. The lowest BCUT2D eigenvalue weighted by Gasteiger charge is -2.27. The van der Waals surface area contributed by atoms with Crippen LogP contribution in [0.2, 0.25) is 0 Å². The molecule has 0 spiro atoms. The van der Waals surface area contributed by atoms with Gasteiger partial charge in [0.1, 0.15) is 0 Å². The monoisotopic (exact) mass is 310 g/mol. The molecule has 0 bridgehead atoms. The Kier molecular flexibility index (Phi) is 6.33. The Bertz CT molecular complexity index is 511. The van der Waals surface area contributed by atoms with E-state index in [2.05, 4.69) is 10.1 Å². The van der Waals surface area contributed by atoms with Crippen molar-refractivity contribution in [2.45, 2.75) is 19.4 Å². The molecule has 7 nitrogen and oxygen atoms in total. The number of benzene rings is 1. The number of nitrogens with two attached hydrogens (primary N) is 1. The molecule has 0 aliphatic rings. The minimum Gasteiger partial charge on any atom is -0.469 e. The summed E-state index contributed by atoms with van der Waals surface area (Å²) >= 11 is 0. The van der Waals surface area contributed by atoms with Crippen molar-refractivity contribution in [2.24, 2.45) is 5.41 Å². The molecule has 0 heterocycles. The summed E-state index contributed by atoms with van der Waals surface area (Å²) in [6, 6.07) is 6.06. The molecule has 22 heavy (non-hydrogen) atoms. The predicted molar refractivity (Wildman–Crippen MR) is 80.6 cm³/mol. The maximum absolute atomic E-state index is 12.2. The van der Waals surface area contributed by atoms with Gasteiger partial charge in [-0.05, 0) is 24.6 Å². The third-order valence-corrected chi connectivity index (χ3v) is 3.49. The predicted octanol–water partition coefficient (Wildman–Crippen LogP) is -0.0199. The molecular formula is C15H22N2O5. The number of aliphatic hydroxyl groups is 2. The molecule has 1 atom stereocenters. The van der Waals surface area contributed by atoms with Gasteiger partial charge in [0.15, 0.2) is 0 Å². The number of methoxy groups -OCH3 is 1. The first-order chi connectivity index (χ1) is 10.4. The van der Waals surface area contributed by atoms with Crippen LogP contribution in [0.15, 0.2) is 24.3 Å². The Hall–Kier alpha value is -2.12. The zero-order valence-corrected chi connectivity index (χ0v) is 12.7. The van der Waals surface area contributed by atoms with E-state index in [1.807, 2.05) is 0 Å². The highest BCUT2D eigenvalue weighted by atomic mass is 16.5. The van der Waals surface area contributed by atoms with Gasteiger partial charge in [0.05, 0.1) is 38.2 Å². The van der Waals surface area contributed by atoms with Crippen molar-refractivity contribution in [3.05, 3.63) is 29.8 Å². The van der Waals surface area contributed by atoms with Gasteiger partial charge in [0.25, 0.3) is 0 Å². The number of esters is 1. The van der Waals surface area contributed by atoms with E-state index in [9.17, 15) is 19.8 Å². The summed E-state index contributed by atoms with van der Waals surface area (Å²) in [7, 11) is 1.26. The Balaban J connectivity index is 2.98. The molecule has 7 heteroatoms. The van der Waals surface area contributed by atoms with E-state index in [0.717, 1.165) is 0 Å². The number of anilines is 1. The molecule has 0 fully saturated rings. The first-order valence-electron chi connectivity index (χ1n) is 6.81. The van der Waals surface area contributed by atoms with E-state index >= 15 is 0 Å². The topological polar surface area (TPSA) is 122 Å². The second kappa shape index (κ2) is 7.77. The Labute approximate surface area is 129 Å². The number of carbonyl (C=O) groups is 2. The van der Waals surface area contributed by atoms with Crippen molar-refractivity contribution in [2.75, 3.05) is 26.1 Å². The number of amides is 1. The minimum atomic E-state index is -1.33. The van der Waals surface area contributed by atoms with Crippen molar-refractivity contribution in [1.29, 1.82) is 0 Å². The van der Waals surface area contributed by atoms with E-state index in [1.165, 1.54) is 14.0 Å². The maximum atomic E-state index is 12.2. The lowest BCUT2D eigenvalue weighted by atomic mass is 9.90. The lowest BCUT2D eigenvalue weighted by molar-refractivity contribution is -0.142. The number of nitrogen functional groups attached to an aromatic ring is 1. The van der Waals surface area contributed by atoms with Crippen LogP contribution in [0, 0.1) is 5.41 Å². The third kappa shape index (κ3) is 4.44. The van der Waals surface area contributed by atoms with E-state index in [0.29, 0.717) is 11.3 Å². The second-order valence-corrected chi connectivity index (χ2v) is 5.35. The van der Waals surface area contributed by atoms with Gasteiger partial charge >= 0.3 is 5.97 Å². The highest BCUT2D eigenvalue weighted by Crippen LogP contribution is 2.22. The third-order valence-electron chi connectivity index (χ3n) is 3.49. The van der Waals surface area contributed by atoms with Crippen molar-refractivity contribution >= 4 is 17.6 Å². The molecule has 122 valence electrons. The largest absolute Gasteiger partial charge is 0.469 e. The Morgan fingerprint density at radius 3 is 2.27 bits per heavy atom. The molecule has 5 N–H and O–H groups in total. The van der Waals surface area contributed by atoms with Crippen LogP contribution in [0.4, 0.5) is 5.69 Å². The van der Waals surface area contributed by atoms with Gasteiger partial charge in [-0.1, -0.05) is 12.1 Å². The van der Waals surface area contributed by atoms with E-state index < -0.39 is 36.5 Å². The quantitative estimate of drug-likeness (QED) is 0.415. The van der Waals surface area contributed by atoms with Gasteiger partial charge in [0, 0.05) is 5.69 Å². The molecular weight excluding hydrogens is 288 g/mol. The fraction of sp³-hybridized carbons (Fsp3) is 0.467. The number of carbonyl (C=O) groups excluding carboxylic acids is 2. The van der Waals surface area contributed by atoms with Gasteiger partial charge in [-0.15, -0.1) is 0 Å².